The highest BCUT2D eigenvalue weighted by atomic mass is 35.5. The molecule has 2 aromatic rings. The number of hydrogen-bond donors (Lipinski definition) is 0. The average Bonchev–Trinajstić information content (AvgIpc) is 2.73. The van der Waals surface area contributed by atoms with Crippen molar-refractivity contribution in [3.63, 3.8) is 0 Å². The van der Waals surface area contributed by atoms with Gasteiger partial charge in [0.05, 0.1) is 26.0 Å². The number of benzene rings is 1. The van der Waals surface area contributed by atoms with Gasteiger partial charge in [-0.2, -0.15) is 5.26 Å². The molecule has 0 aliphatic carbocycles. The lowest BCUT2D eigenvalue weighted by Crippen LogP contribution is -2.10. The van der Waals surface area contributed by atoms with Crippen molar-refractivity contribution in [1.29, 1.82) is 5.26 Å². The SMILES string of the molecule is N#CC(C(=O)c1cc(Cl)sc1Cl)c1ccc(Cl)c(Cl)c1. The van der Waals surface area contributed by atoms with E-state index in [4.69, 9.17) is 46.4 Å². The lowest BCUT2D eigenvalue weighted by molar-refractivity contribution is 0.0979. The molecule has 0 radical (unpaired) electrons. The minimum Gasteiger partial charge on any atom is -0.292 e. The van der Waals surface area contributed by atoms with E-state index in [9.17, 15) is 10.1 Å². The molecule has 102 valence electrons. The van der Waals surface area contributed by atoms with E-state index in [-0.39, 0.29) is 14.9 Å². The second kappa shape index (κ2) is 6.34. The van der Waals surface area contributed by atoms with Crippen LogP contribution in [0.1, 0.15) is 21.8 Å². The second-order valence-electron chi connectivity index (χ2n) is 3.84. The number of rotatable bonds is 3. The third-order valence-electron chi connectivity index (χ3n) is 2.59. The molecule has 2 rings (SSSR count). The Morgan fingerprint density at radius 2 is 1.85 bits per heavy atom. The highest BCUT2D eigenvalue weighted by Crippen LogP contribution is 2.35. The van der Waals surface area contributed by atoms with Crippen molar-refractivity contribution in [3.8, 4) is 6.07 Å². The molecule has 1 aromatic carbocycles. The highest BCUT2D eigenvalue weighted by molar-refractivity contribution is 7.20. The Morgan fingerprint density at radius 1 is 1.15 bits per heavy atom. The van der Waals surface area contributed by atoms with Crippen LogP contribution in [-0.2, 0) is 0 Å². The van der Waals surface area contributed by atoms with Gasteiger partial charge in [-0.25, -0.2) is 0 Å². The first-order valence-electron chi connectivity index (χ1n) is 5.27. The van der Waals surface area contributed by atoms with Crippen LogP contribution in [0, 0.1) is 11.3 Å². The summed E-state index contributed by atoms with van der Waals surface area (Å²) in [7, 11) is 0. The van der Waals surface area contributed by atoms with E-state index in [1.54, 1.807) is 12.1 Å². The fourth-order valence-electron chi connectivity index (χ4n) is 1.64. The van der Waals surface area contributed by atoms with E-state index in [2.05, 4.69) is 0 Å². The van der Waals surface area contributed by atoms with Crippen molar-refractivity contribution < 1.29 is 4.79 Å². The number of carbonyl (C=O) groups is 1. The molecular formula is C13H5Cl4NOS. The summed E-state index contributed by atoms with van der Waals surface area (Å²) < 4.78 is 0.657. The van der Waals surface area contributed by atoms with Gasteiger partial charge in [-0.3, -0.25) is 4.79 Å². The van der Waals surface area contributed by atoms with Gasteiger partial charge in [0.25, 0.3) is 0 Å². The number of nitriles is 1. The zero-order valence-corrected chi connectivity index (χ0v) is 13.5. The van der Waals surface area contributed by atoms with E-state index in [1.165, 1.54) is 12.1 Å². The molecule has 0 saturated carbocycles. The Bertz CT molecular complexity index is 720. The molecule has 1 atom stereocenters. The molecule has 0 bridgehead atoms. The summed E-state index contributed by atoms with van der Waals surface area (Å²) in [6, 6.07) is 8.03. The summed E-state index contributed by atoms with van der Waals surface area (Å²) >= 11 is 24.6. The van der Waals surface area contributed by atoms with Crippen LogP contribution in [0.15, 0.2) is 24.3 Å². The molecule has 0 fully saturated rings. The first-order chi connectivity index (χ1) is 9.43. The summed E-state index contributed by atoms with van der Waals surface area (Å²) in [5, 5.41) is 9.89. The topological polar surface area (TPSA) is 40.9 Å². The molecule has 0 N–H and O–H groups in total. The molecule has 2 nitrogen and oxygen atoms in total. The number of hydrogen-bond acceptors (Lipinski definition) is 3. The van der Waals surface area contributed by atoms with Gasteiger partial charge in [-0.05, 0) is 23.8 Å². The van der Waals surface area contributed by atoms with Gasteiger partial charge in [0.1, 0.15) is 10.3 Å². The molecule has 0 aliphatic heterocycles. The maximum atomic E-state index is 12.4. The lowest BCUT2D eigenvalue weighted by atomic mass is 9.93. The molecule has 0 aliphatic rings. The molecule has 1 heterocycles. The summed E-state index contributed by atoms with van der Waals surface area (Å²) in [5.41, 5.74) is 0.699. The molecule has 0 spiro atoms. The molecule has 20 heavy (non-hydrogen) atoms. The summed E-state index contributed by atoms with van der Waals surface area (Å²) in [5.74, 6) is -1.42. The van der Waals surface area contributed by atoms with Gasteiger partial charge < -0.3 is 0 Å². The number of nitrogens with zero attached hydrogens (tertiary/aromatic N) is 1. The quantitative estimate of drug-likeness (QED) is 0.640. The fraction of sp³-hybridized carbons (Fsp3) is 0.0769. The monoisotopic (exact) mass is 363 g/mol. The Morgan fingerprint density at radius 3 is 2.35 bits per heavy atom. The van der Waals surface area contributed by atoms with Crippen LogP contribution in [0.4, 0.5) is 0 Å². The Balaban J connectivity index is 2.42. The van der Waals surface area contributed by atoms with Crippen LogP contribution in [0.2, 0.25) is 18.7 Å². The zero-order chi connectivity index (χ0) is 14.9. The standard InChI is InChI=1S/C13H5Cl4NOS/c14-9-2-1-6(3-10(9)15)8(5-18)12(19)7-4-11(16)20-13(7)17/h1-4,8H. The van der Waals surface area contributed by atoms with Gasteiger partial charge in [-0.15, -0.1) is 11.3 Å². The normalized spacial score (nSPS) is 11.9. The van der Waals surface area contributed by atoms with E-state index in [0.29, 0.717) is 14.9 Å². The van der Waals surface area contributed by atoms with Gasteiger partial charge in [0, 0.05) is 0 Å². The van der Waals surface area contributed by atoms with Crippen molar-refractivity contribution in [1.82, 2.24) is 0 Å². The minimum atomic E-state index is -1.01. The van der Waals surface area contributed by atoms with E-state index >= 15 is 0 Å². The van der Waals surface area contributed by atoms with Crippen molar-refractivity contribution in [2.75, 3.05) is 0 Å². The van der Waals surface area contributed by atoms with Gasteiger partial charge in [0.2, 0.25) is 0 Å². The molecular weight excluding hydrogens is 360 g/mol. The Labute approximate surface area is 139 Å². The molecule has 7 heteroatoms. The number of halogens is 4. The Hall–Kier alpha value is -0.760. The number of carbonyl (C=O) groups excluding carboxylic acids is 1. The number of ketones is 1. The maximum absolute atomic E-state index is 12.4. The zero-order valence-electron chi connectivity index (χ0n) is 9.66. The molecule has 0 saturated heterocycles. The van der Waals surface area contributed by atoms with Crippen LogP contribution in [-0.4, -0.2) is 5.78 Å². The van der Waals surface area contributed by atoms with Crippen LogP contribution < -0.4 is 0 Å². The first kappa shape index (κ1) is 15.6. The van der Waals surface area contributed by atoms with Gasteiger partial charge in [-0.1, -0.05) is 52.5 Å². The summed E-state index contributed by atoms with van der Waals surface area (Å²) in [6.07, 6.45) is 0. The average molecular weight is 365 g/mol. The fourth-order valence-corrected chi connectivity index (χ4v) is 3.42. The predicted molar refractivity (Wildman–Crippen MR) is 83.5 cm³/mol. The van der Waals surface area contributed by atoms with Crippen LogP contribution in [0.3, 0.4) is 0 Å². The Kier molecular flexibility index (Phi) is 4.95. The van der Waals surface area contributed by atoms with Crippen LogP contribution in [0.25, 0.3) is 0 Å². The molecule has 1 aromatic heterocycles. The summed E-state index contributed by atoms with van der Waals surface area (Å²) in [6.45, 7) is 0. The number of Topliss-reactive ketones (excluding diaryl/α,β-unsaturated/α-hetero) is 1. The maximum Gasteiger partial charge on any atom is 0.186 e. The molecule has 1 unspecified atom stereocenters. The largest absolute Gasteiger partial charge is 0.292 e. The van der Waals surface area contributed by atoms with Crippen LogP contribution >= 0.6 is 57.7 Å². The van der Waals surface area contributed by atoms with Crippen molar-refractivity contribution in [2.45, 2.75) is 5.92 Å². The van der Waals surface area contributed by atoms with E-state index in [1.807, 2.05) is 6.07 Å². The predicted octanol–water partition coefficient (Wildman–Crippen LogP) is 5.85. The first-order valence-corrected chi connectivity index (χ1v) is 7.60. The lowest BCUT2D eigenvalue weighted by Gasteiger charge is -2.09. The number of thiophene rings is 1. The van der Waals surface area contributed by atoms with Crippen molar-refractivity contribution in [3.05, 3.63) is 54.1 Å². The van der Waals surface area contributed by atoms with E-state index in [0.717, 1.165) is 11.3 Å². The minimum absolute atomic E-state index is 0.235. The third kappa shape index (κ3) is 3.11. The van der Waals surface area contributed by atoms with Gasteiger partial charge >= 0.3 is 0 Å². The van der Waals surface area contributed by atoms with Gasteiger partial charge in [0.15, 0.2) is 5.78 Å². The molecule has 0 amide bonds. The van der Waals surface area contributed by atoms with E-state index < -0.39 is 11.7 Å². The highest BCUT2D eigenvalue weighted by Gasteiger charge is 2.25. The van der Waals surface area contributed by atoms with Crippen LogP contribution in [0.5, 0.6) is 0 Å². The second-order valence-corrected chi connectivity index (χ2v) is 6.94. The van der Waals surface area contributed by atoms with Crippen molar-refractivity contribution in [2.24, 2.45) is 0 Å². The third-order valence-corrected chi connectivity index (χ3v) is 4.82. The smallest absolute Gasteiger partial charge is 0.186 e. The summed E-state index contributed by atoms with van der Waals surface area (Å²) in [4.78, 5) is 12.4. The van der Waals surface area contributed by atoms with Crippen molar-refractivity contribution >= 4 is 63.5 Å².